The van der Waals surface area contributed by atoms with Crippen molar-refractivity contribution in [3.05, 3.63) is 82.7 Å². The number of pyridine rings is 1. The lowest BCUT2D eigenvalue weighted by Crippen LogP contribution is -2.56. The summed E-state index contributed by atoms with van der Waals surface area (Å²) in [6.45, 7) is 13.5. The van der Waals surface area contributed by atoms with E-state index in [0.717, 1.165) is 16.6 Å². The van der Waals surface area contributed by atoms with Crippen LogP contribution in [0.15, 0.2) is 48.7 Å². The van der Waals surface area contributed by atoms with Gasteiger partial charge in [-0.2, -0.15) is 5.10 Å². The maximum absolute atomic E-state index is 15.6. The molecule has 2 aromatic carbocycles. The molecule has 7 heterocycles. The highest BCUT2D eigenvalue weighted by atomic mass is 19.1. The second-order valence-electron chi connectivity index (χ2n) is 18.3. The average Bonchev–Trinajstić information content (AvgIpc) is 3.90. The summed E-state index contributed by atoms with van der Waals surface area (Å²) in [7, 11) is 1.79. The molecular formula is C47H54F2N10O6. The summed E-state index contributed by atoms with van der Waals surface area (Å²) in [5, 5.41) is 9.61. The largest absolute Gasteiger partial charge is 0.475 e. The molecule has 2 N–H and O–H groups in total. The van der Waals surface area contributed by atoms with E-state index in [9.17, 15) is 19.2 Å². The predicted octanol–water partition coefficient (Wildman–Crippen LogP) is 5.33. The number of piperazine rings is 1. The molecule has 18 heteroatoms. The molecule has 0 aliphatic carbocycles. The van der Waals surface area contributed by atoms with Gasteiger partial charge in [-0.15, -0.1) is 0 Å². The molecule has 4 aliphatic rings. The summed E-state index contributed by atoms with van der Waals surface area (Å²) < 4.78 is 47.1. The van der Waals surface area contributed by atoms with E-state index in [2.05, 4.69) is 38.6 Å². The van der Waals surface area contributed by atoms with E-state index in [1.54, 1.807) is 30.1 Å². The van der Waals surface area contributed by atoms with Crippen molar-refractivity contribution in [2.45, 2.75) is 90.6 Å². The second-order valence-corrected chi connectivity index (χ2v) is 18.3. The highest BCUT2D eigenvalue weighted by molar-refractivity contribution is 6.05. The third-order valence-corrected chi connectivity index (χ3v) is 13.5. The van der Waals surface area contributed by atoms with Gasteiger partial charge >= 0.3 is 0 Å². The quantitative estimate of drug-likeness (QED) is 0.219. The minimum absolute atomic E-state index is 0.00853. The number of carbonyl (C=O) groups excluding carboxylic acids is 4. The molecule has 0 saturated carbocycles. The standard InChI is InChI=1S/C47H54F2N10O6/c1-26-17-30-19-38(51-26)33-22-50-55(6)45(33)65-16-15-64-28(3)24-58-39-18-29(7-9-37(39)52-46(58)54-42(30)61)25-56-13-14-57(23-27(56)2)44(63)34-11-12-59(47(34,4)5)31-20-35(48)41(36(49)21-31)32-8-10-40(60)53-43(32)62/h7,9,17-22,27-28,32,34H,8,10-16,23-25H2,1-6H3,(H,52,54,61)(H,53,60,62)/t27-,28-,32+,34-/m0/s1. The highest BCUT2D eigenvalue weighted by Crippen LogP contribution is 2.42. The third kappa shape index (κ3) is 8.44. The van der Waals surface area contributed by atoms with Crippen LogP contribution >= 0.6 is 0 Å². The Labute approximate surface area is 375 Å². The maximum Gasteiger partial charge on any atom is 0.258 e. The van der Waals surface area contributed by atoms with Gasteiger partial charge in [0.2, 0.25) is 29.5 Å². The van der Waals surface area contributed by atoms with Gasteiger partial charge in [0.05, 0.1) is 59.6 Å². The van der Waals surface area contributed by atoms with Crippen molar-refractivity contribution in [1.29, 1.82) is 0 Å². The van der Waals surface area contributed by atoms with Gasteiger partial charge in [0, 0.05) is 80.3 Å². The molecule has 0 spiro atoms. The zero-order valence-corrected chi connectivity index (χ0v) is 37.5. The first kappa shape index (κ1) is 44.0. The van der Waals surface area contributed by atoms with E-state index >= 15 is 8.78 Å². The molecule has 0 radical (unpaired) electrons. The summed E-state index contributed by atoms with van der Waals surface area (Å²) in [6.07, 6.45) is 1.98. The van der Waals surface area contributed by atoms with Gasteiger partial charge in [-0.3, -0.25) is 39.7 Å². The lowest BCUT2D eigenvalue weighted by atomic mass is 9.86. The number of benzene rings is 2. The molecule has 0 unspecified atom stereocenters. The van der Waals surface area contributed by atoms with Gasteiger partial charge in [0.15, 0.2) is 0 Å². The molecule has 342 valence electrons. The molecule has 4 amide bonds. The minimum Gasteiger partial charge on any atom is -0.475 e. The molecule has 9 rings (SSSR count). The summed E-state index contributed by atoms with van der Waals surface area (Å²) in [4.78, 5) is 67.9. The number of hydrogen-bond acceptors (Lipinski definition) is 11. The Morgan fingerprint density at radius 1 is 0.938 bits per heavy atom. The van der Waals surface area contributed by atoms with Crippen LogP contribution in [0.2, 0.25) is 0 Å². The van der Waals surface area contributed by atoms with Crippen molar-refractivity contribution >= 4 is 46.3 Å². The molecule has 5 aromatic rings. The SMILES string of the molecule is Cc1cc2cc(n1)-c1cnn(C)c1OCCO[C@@H](C)Cn1c(nc3ccc(CN4CCN(C(=O)[C@@H]5CCN(c6cc(F)c([C@H]7CCC(=O)NC7=O)c(F)c6)C5(C)C)C[C@@H]4C)cc31)NC2=O. The predicted molar refractivity (Wildman–Crippen MR) is 237 cm³/mol. The Kier molecular flexibility index (Phi) is 11.7. The topological polar surface area (TPSA) is 169 Å². The van der Waals surface area contributed by atoms with E-state index in [-0.39, 0.29) is 49.0 Å². The van der Waals surface area contributed by atoms with Crippen LogP contribution < -0.4 is 20.3 Å². The molecule has 3 aromatic heterocycles. The average molecular weight is 893 g/mol. The molecule has 4 atom stereocenters. The van der Waals surface area contributed by atoms with Gasteiger partial charge in [0.25, 0.3) is 5.91 Å². The van der Waals surface area contributed by atoms with Crippen LogP contribution in [-0.4, -0.2) is 115 Å². The Hall–Kier alpha value is -6.27. The zero-order chi connectivity index (χ0) is 45.9. The van der Waals surface area contributed by atoms with Gasteiger partial charge < -0.3 is 23.8 Å². The number of piperidine rings is 1. The number of halogens is 2. The smallest absolute Gasteiger partial charge is 0.258 e. The van der Waals surface area contributed by atoms with E-state index < -0.39 is 40.8 Å². The normalized spacial score (nSPS) is 23.0. The summed E-state index contributed by atoms with van der Waals surface area (Å²) >= 11 is 0. The molecule has 3 fully saturated rings. The van der Waals surface area contributed by atoms with Crippen LogP contribution in [0.4, 0.5) is 20.4 Å². The van der Waals surface area contributed by atoms with E-state index in [1.807, 2.05) is 54.2 Å². The monoisotopic (exact) mass is 892 g/mol. The third-order valence-electron chi connectivity index (χ3n) is 13.5. The van der Waals surface area contributed by atoms with Crippen LogP contribution in [0.1, 0.15) is 80.1 Å². The summed E-state index contributed by atoms with van der Waals surface area (Å²) in [5.41, 5.74) is 4.16. The lowest BCUT2D eigenvalue weighted by molar-refractivity contribution is -0.140. The molecular weight excluding hydrogens is 839 g/mol. The van der Waals surface area contributed by atoms with E-state index in [4.69, 9.17) is 14.5 Å². The number of imidazole rings is 1. The van der Waals surface area contributed by atoms with Crippen LogP contribution in [0, 0.1) is 24.5 Å². The highest BCUT2D eigenvalue weighted by Gasteiger charge is 2.48. The molecule has 4 aliphatic heterocycles. The van der Waals surface area contributed by atoms with E-state index in [1.165, 1.54) is 12.1 Å². The van der Waals surface area contributed by atoms with Gasteiger partial charge in [-0.25, -0.2) is 18.4 Å². The van der Waals surface area contributed by atoms with Crippen molar-refractivity contribution in [3.8, 4) is 17.1 Å². The first-order valence-electron chi connectivity index (χ1n) is 22.2. The second kappa shape index (κ2) is 17.3. The maximum atomic E-state index is 15.6. The number of ether oxygens (including phenoxy) is 2. The lowest BCUT2D eigenvalue weighted by Gasteiger charge is -2.43. The minimum atomic E-state index is -1.09. The number of fused-ring (bicyclic) bond motifs is 7. The number of aromatic nitrogens is 5. The Morgan fingerprint density at radius 2 is 1.72 bits per heavy atom. The molecule has 16 nitrogen and oxygen atoms in total. The number of rotatable bonds is 5. The van der Waals surface area contributed by atoms with E-state index in [0.29, 0.717) is 92.3 Å². The first-order valence-corrected chi connectivity index (χ1v) is 22.2. The van der Waals surface area contributed by atoms with Crippen molar-refractivity contribution in [1.82, 2.24) is 39.4 Å². The fourth-order valence-corrected chi connectivity index (χ4v) is 10.0. The van der Waals surface area contributed by atoms with Crippen LogP contribution in [0.3, 0.4) is 0 Å². The number of nitrogens with zero attached hydrogens (tertiary/aromatic N) is 8. The number of anilines is 2. The van der Waals surface area contributed by atoms with Crippen molar-refractivity contribution < 1.29 is 37.4 Å². The van der Waals surface area contributed by atoms with Gasteiger partial charge in [0.1, 0.15) is 18.2 Å². The molecule has 3 saturated heterocycles. The fourth-order valence-electron chi connectivity index (χ4n) is 10.0. The van der Waals surface area contributed by atoms with Crippen molar-refractivity contribution in [2.24, 2.45) is 13.0 Å². The number of amides is 4. The number of nitrogens with one attached hydrogen (secondary N) is 2. The number of imide groups is 1. The summed E-state index contributed by atoms with van der Waals surface area (Å²) in [5.74, 6) is -3.75. The first-order chi connectivity index (χ1) is 31.0. The van der Waals surface area contributed by atoms with Gasteiger partial charge in [-0.05, 0) is 89.4 Å². The number of carbonyl (C=O) groups is 4. The van der Waals surface area contributed by atoms with Gasteiger partial charge in [-0.1, -0.05) is 6.07 Å². The molecule has 65 heavy (non-hydrogen) atoms. The van der Waals surface area contributed by atoms with Crippen molar-refractivity contribution in [2.75, 3.05) is 49.6 Å². The van der Waals surface area contributed by atoms with Crippen LogP contribution in [0.5, 0.6) is 5.88 Å². The van der Waals surface area contributed by atoms with Crippen molar-refractivity contribution in [3.63, 3.8) is 0 Å². The fraction of sp³-hybridized carbons (Fsp3) is 0.468. The van der Waals surface area contributed by atoms with Crippen LogP contribution in [-0.2, 0) is 39.3 Å². The Morgan fingerprint density at radius 3 is 2.48 bits per heavy atom. The number of hydrogen-bond donors (Lipinski definition) is 2. The number of aryl methyl sites for hydroxylation is 2. The zero-order valence-electron chi connectivity index (χ0n) is 37.5. The molecule has 2 bridgehead atoms. The Bertz CT molecular complexity index is 2690. The van der Waals surface area contributed by atoms with Crippen LogP contribution in [0.25, 0.3) is 22.3 Å². The summed E-state index contributed by atoms with van der Waals surface area (Å²) in [6, 6.07) is 12.1. The Balaban J connectivity index is 0.887.